The van der Waals surface area contributed by atoms with Crippen molar-refractivity contribution in [3.05, 3.63) is 71.2 Å². The molecule has 0 spiro atoms. The second kappa shape index (κ2) is 5.23. The topological polar surface area (TPSA) is 51.2 Å². The smallest absolute Gasteiger partial charge is 0.134 e. The van der Waals surface area contributed by atoms with Gasteiger partial charge in [0, 0.05) is 11.5 Å². The third kappa shape index (κ3) is 2.63. The van der Waals surface area contributed by atoms with Crippen molar-refractivity contribution in [2.45, 2.75) is 6.04 Å². The molecule has 1 unspecified atom stereocenters. The monoisotopic (exact) mass is 292 g/mol. The summed E-state index contributed by atoms with van der Waals surface area (Å²) in [7, 11) is 0. The molecule has 0 aliphatic rings. The Morgan fingerprint density at radius 2 is 1.62 bits per heavy atom. The Morgan fingerprint density at radius 3 is 2.29 bits per heavy atom. The van der Waals surface area contributed by atoms with Gasteiger partial charge >= 0.3 is 0 Å². The molecule has 0 amide bonds. The van der Waals surface area contributed by atoms with Gasteiger partial charge in [-0.25, -0.2) is 18.6 Å². The van der Waals surface area contributed by atoms with Crippen molar-refractivity contribution in [1.29, 1.82) is 0 Å². The number of rotatable bonds is 3. The standard InChI is InChI=1S/C15H11F3N2O/c16-10-1-2-13-8(3-10)6-14(21-13)15(20-19)9-4-11(17)7-12(18)5-9/h1-7,15,20H,19H2. The molecule has 3 nitrogen and oxygen atoms in total. The maximum atomic E-state index is 13.3. The van der Waals surface area contributed by atoms with Gasteiger partial charge in [-0.3, -0.25) is 5.84 Å². The third-order valence-corrected chi connectivity index (χ3v) is 3.17. The molecule has 6 heteroatoms. The van der Waals surface area contributed by atoms with Crippen LogP contribution >= 0.6 is 0 Å². The summed E-state index contributed by atoms with van der Waals surface area (Å²) in [5.74, 6) is 3.97. The van der Waals surface area contributed by atoms with E-state index < -0.39 is 23.5 Å². The number of hydrogen-bond acceptors (Lipinski definition) is 3. The fourth-order valence-electron chi connectivity index (χ4n) is 2.26. The minimum atomic E-state index is -0.745. The number of halogens is 3. The first kappa shape index (κ1) is 13.7. The third-order valence-electron chi connectivity index (χ3n) is 3.17. The number of benzene rings is 2. The van der Waals surface area contributed by atoms with Crippen molar-refractivity contribution < 1.29 is 17.6 Å². The molecule has 0 saturated carbocycles. The van der Waals surface area contributed by atoms with Crippen molar-refractivity contribution in [2.75, 3.05) is 0 Å². The molecule has 108 valence electrons. The summed E-state index contributed by atoms with van der Waals surface area (Å²) in [6.07, 6.45) is 0. The molecular formula is C15H11F3N2O. The number of hydrogen-bond donors (Lipinski definition) is 2. The predicted molar refractivity (Wildman–Crippen MR) is 71.7 cm³/mol. The number of nitrogens with two attached hydrogens (primary N) is 1. The van der Waals surface area contributed by atoms with Crippen LogP contribution in [-0.4, -0.2) is 0 Å². The maximum absolute atomic E-state index is 13.3. The first-order valence-electron chi connectivity index (χ1n) is 6.18. The van der Waals surface area contributed by atoms with E-state index in [2.05, 4.69) is 5.43 Å². The number of furan rings is 1. The van der Waals surface area contributed by atoms with Gasteiger partial charge in [0.2, 0.25) is 0 Å². The highest BCUT2D eigenvalue weighted by molar-refractivity contribution is 5.78. The zero-order valence-corrected chi connectivity index (χ0v) is 10.7. The van der Waals surface area contributed by atoms with E-state index in [9.17, 15) is 13.2 Å². The van der Waals surface area contributed by atoms with E-state index in [0.717, 1.165) is 18.2 Å². The largest absolute Gasteiger partial charge is 0.459 e. The molecule has 0 saturated heterocycles. The predicted octanol–water partition coefficient (Wildman–Crippen LogP) is 3.40. The number of hydrazine groups is 1. The van der Waals surface area contributed by atoms with Gasteiger partial charge in [0.25, 0.3) is 0 Å². The highest BCUT2D eigenvalue weighted by Gasteiger charge is 2.19. The molecule has 2 aromatic carbocycles. The van der Waals surface area contributed by atoms with Crippen LogP contribution in [0.2, 0.25) is 0 Å². The van der Waals surface area contributed by atoms with Gasteiger partial charge in [0.1, 0.15) is 34.8 Å². The van der Waals surface area contributed by atoms with Gasteiger partial charge in [-0.2, -0.15) is 0 Å². The quantitative estimate of drug-likeness (QED) is 0.574. The van der Waals surface area contributed by atoms with E-state index in [4.69, 9.17) is 10.3 Å². The molecule has 3 rings (SSSR count). The number of nitrogens with one attached hydrogen (secondary N) is 1. The SMILES string of the molecule is NNC(c1cc(F)cc(F)c1)c1cc2cc(F)ccc2o1. The summed E-state index contributed by atoms with van der Waals surface area (Å²) in [4.78, 5) is 0. The van der Waals surface area contributed by atoms with E-state index in [1.54, 1.807) is 6.07 Å². The molecule has 0 bridgehead atoms. The molecule has 1 aromatic heterocycles. The van der Waals surface area contributed by atoms with Gasteiger partial charge in [-0.1, -0.05) is 0 Å². The molecule has 0 aliphatic carbocycles. The summed E-state index contributed by atoms with van der Waals surface area (Å²) < 4.78 is 45.4. The molecular weight excluding hydrogens is 281 g/mol. The minimum absolute atomic E-state index is 0.273. The lowest BCUT2D eigenvalue weighted by Gasteiger charge is -2.13. The fourth-order valence-corrected chi connectivity index (χ4v) is 2.26. The molecule has 3 aromatic rings. The van der Waals surface area contributed by atoms with Crippen LogP contribution in [0.3, 0.4) is 0 Å². The molecule has 1 heterocycles. The van der Waals surface area contributed by atoms with Crippen molar-refractivity contribution >= 4 is 11.0 Å². The maximum Gasteiger partial charge on any atom is 0.134 e. The summed E-state index contributed by atoms with van der Waals surface area (Å²) in [6.45, 7) is 0. The lowest BCUT2D eigenvalue weighted by Crippen LogP contribution is -2.28. The Bertz CT molecular complexity index is 780. The van der Waals surface area contributed by atoms with Crippen molar-refractivity contribution in [3.8, 4) is 0 Å². The van der Waals surface area contributed by atoms with Crippen LogP contribution in [0.25, 0.3) is 11.0 Å². The minimum Gasteiger partial charge on any atom is -0.459 e. The molecule has 0 radical (unpaired) electrons. The van der Waals surface area contributed by atoms with Gasteiger partial charge in [-0.05, 0) is 42.0 Å². The first-order valence-corrected chi connectivity index (χ1v) is 6.18. The summed E-state index contributed by atoms with van der Waals surface area (Å²) in [5.41, 5.74) is 3.18. The van der Waals surface area contributed by atoms with Crippen molar-refractivity contribution in [3.63, 3.8) is 0 Å². The fraction of sp³-hybridized carbons (Fsp3) is 0.0667. The van der Waals surface area contributed by atoms with Crippen molar-refractivity contribution in [2.24, 2.45) is 5.84 Å². The first-order chi connectivity index (χ1) is 10.1. The van der Waals surface area contributed by atoms with E-state index in [0.29, 0.717) is 16.7 Å². The second-order valence-corrected chi connectivity index (χ2v) is 4.63. The van der Waals surface area contributed by atoms with Gasteiger partial charge < -0.3 is 4.42 Å². The highest BCUT2D eigenvalue weighted by atomic mass is 19.1. The Labute approximate surface area is 118 Å². The average Bonchev–Trinajstić information content (AvgIpc) is 2.81. The molecule has 1 atom stereocenters. The lowest BCUT2D eigenvalue weighted by molar-refractivity contribution is 0.472. The average molecular weight is 292 g/mol. The zero-order chi connectivity index (χ0) is 15.0. The molecule has 3 N–H and O–H groups in total. The summed E-state index contributed by atoms with van der Waals surface area (Å²) in [5, 5.41) is 0.544. The van der Waals surface area contributed by atoms with Gasteiger partial charge in [0.05, 0.1) is 0 Å². The van der Waals surface area contributed by atoms with Crippen LogP contribution in [0, 0.1) is 17.5 Å². The van der Waals surface area contributed by atoms with Gasteiger partial charge in [-0.15, -0.1) is 0 Å². The van der Waals surface area contributed by atoms with E-state index >= 15 is 0 Å². The van der Waals surface area contributed by atoms with Crippen LogP contribution in [0.1, 0.15) is 17.4 Å². The van der Waals surface area contributed by atoms with Crippen LogP contribution in [0.5, 0.6) is 0 Å². The number of fused-ring (bicyclic) bond motifs is 1. The Hall–Kier alpha value is -2.31. The van der Waals surface area contributed by atoms with Crippen LogP contribution < -0.4 is 11.3 Å². The Balaban J connectivity index is 2.08. The summed E-state index contributed by atoms with van der Waals surface area (Å²) >= 11 is 0. The van der Waals surface area contributed by atoms with E-state index in [-0.39, 0.29) is 5.56 Å². The zero-order valence-electron chi connectivity index (χ0n) is 10.7. The molecule has 0 aliphatic heterocycles. The van der Waals surface area contributed by atoms with Crippen LogP contribution in [0.4, 0.5) is 13.2 Å². The van der Waals surface area contributed by atoms with Crippen LogP contribution in [-0.2, 0) is 0 Å². The molecule has 0 fully saturated rings. The van der Waals surface area contributed by atoms with E-state index in [1.807, 2.05) is 0 Å². The Kier molecular flexibility index (Phi) is 3.40. The highest BCUT2D eigenvalue weighted by Crippen LogP contribution is 2.29. The Morgan fingerprint density at radius 1 is 0.905 bits per heavy atom. The van der Waals surface area contributed by atoms with Crippen LogP contribution in [0.15, 0.2) is 46.9 Å². The summed E-state index contributed by atoms with van der Waals surface area (Å²) in [6, 6.07) is 7.96. The second-order valence-electron chi connectivity index (χ2n) is 4.63. The molecule has 21 heavy (non-hydrogen) atoms. The van der Waals surface area contributed by atoms with Crippen molar-refractivity contribution in [1.82, 2.24) is 5.43 Å². The van der Waals surface area contributed by atoms with Gasteiger partial charge in [0.15, 0.2) is 0 Å². The lowest BCUT2D eigenvalue weighted by atomic mass is 10.0. The van der Waals surface area contributed by atoms with E-state index in [1.165, 1.54) is 18.2 Å². The normalized spacial score (nSPS) is 12.8.